The van der Waals surface area contributed by atoms with E-state index in [0.717, 1.165) is 17.8 Å². The molecule has 14 heavy (non-hydrogen) atoms. The summed E-state index contributed by atoms with van der Waals surface area (Å²) in [5, 5.41) is 9.57. The largest absolute Gasteiger partial charge is 0.507 e. The number of phenols is 1. The maximum atomic E-state index is 9.57. The molecule has 0 atom stereocenters. The Morgan fingerprint density at radius 1 is 1.36 bits per heavy atom. The van der Waals surface area contributed by atoms with E-state index in [1.807, 2.05) is 25.1 Å². The summed E-state index contributed by atoms with van der Waals surface area (Å²) in [5.74, 6) is 0.855. The molecule has 0 radical (unpaired) electrons. The molecule has 0 aromatic heterocycles. The van der Waals surface area contributed by atoms with E-state index >= 15 is 0 Å². The maximum absolute atomic E-state index is 9.57. The van der Waals surface area contributed by atoms with Crippen molar-refractivity contribution in [2.24, 2.45) is 10.9 Å². The highest BCUT2D eigenvalue weighted by molar-refractivity contribution is 6.00. The second-order valence-corrected chi connectivity index (χ2v) is 3.84. The Kier molecular flexibility index (Phi) is 3.69. The first-order chi connectivity index (χ1) is 6.61. The van der Waals surface area contributed by atoms with Crippen LogP contribution in [0, 0.1) is 5.92 Å². The molecule has 0 aliphatic carbocycles. The third-order valence-electron chi connectivity index (χ3n) is 1.99. The van der Waals surface area contributed by atoms with Crippen molar-refractivity contribution in [3.8, 4) is 5.75 Å². The smallest absolute Gasteiger partial charge is 0.124 e. The molecule has 0 aliphatic heterocycles. The number of hydrogen-bond donors (Lipinski definition) is 1. The lowest BCUT2D eigenvalue weighted by Crippen LogP contribution is -2.00. The fourth-order valence-electron chi connectivity index (χ4n) is 1.18. The van der Waals surface area contributed by atoms with Gasteiger partial charge in [-0.25, -0.2) is 0 Å². The number of hydrogen-bond acceptors (Lipinski definition) is 2. The number of nitrogens with zero attached hydrogens (tertiary/aromatic N) is 1. The zero-order chi connectivity index (χ0) is 10.6. The minimum atomic E-state index is 0.303. The molecule has 1 aromatic rings. The van der Waals surface area contributed by atoms with E-state index < -0.39 is 0 Å². The summed E-state index contributed by atoms with van der Waals surface area (Å²) < 4.78 is 0. The van der Waals surface area contributed by atoms with Crippen LogP contribution in [0.25, 0.3) is 0 Å². The number of para-hydroxylation sites is 1. The molecular formula is C12H17NO. The molecule has 0 saturated carbocycles. The quantitative estimate of drug-likeness (QED) is 0.732. The molecule has 0 fully saturated rings. The topological polar surface area (TPSA) is 32.6 Å². The van der Waals surface area contributed by atoms with Crippen molar-refractivity contribution < 1.29 is 5.11 Å². The monoisotopic (exact) mass is 191 g/mol. The SMILES string of the molecule is CC(=NCC(C)C)c1ccccc1O. The van der Waals surface area contributed by atoms with E-state index in [-0.39, 0.29) is 0 Å². The predicted octanol–water partition coefficient (Wildman–Crippen LogP) is 2.86. The van der Waals surface area contributed by atoms with Gasteiger partial charge in [0.15, 0.2) is 0 Å². The van der Waals surface area contributed by atoms with Crippen molar-refractivity contribution in [1.29, 1.82) is 0 Å². The Balaban J connectivity index is 2.84. The minimum Gasteiger partial charge on any atom is -0.507 e. The summed E-state index contributed by atoms with van der Waals surface area (Å²) in [6, 6.07) is 7.29. The number of aromatic hydroxyl groups is 1. The van der Waals surface area contributed by atoms with Crippen LogP contribution in [0.4, 0.5) is 0 Å². The predicted molar refractivity (Wildman–Crippen MR) is 60.0 cm³/mol. The van der Waals surface area contributed by atoms with E-state index in [0.29, 0.717) is 11.7 Å². The Morgan fingerprint density at radius 2 is 2.00 bits per heavy atom. The number of aliphatic imine (C=N–C) groups is 1. The highest BCUT2D eigenvalue weighted by atomic mass is 16.3. The van der Waals surface area contributed by atoms with E-state index in [4.69, 9.17) is 0 Å². The molecule has 1 rings (SSSR count). The molecule has 0 bridgehead atoms. The molecule has 2 nitrogen and oxygen atoms in total. The Morgan fingerprint density at radius 3 is 2.57 bits per heavy atom. The first-order valence-corrected chi connectivity index (χ1v) is 4.90. The van der Waals surface area contributed by atoms with Crippen molar-refractivity contribution in [1.82, 2.24) is 0 Å². The van der Waals surface area contributed by atoms with Crippen molar-refractivity contribution >= 4 is 5.71 Å². The van der Waals surface area contributed by atoms with Crippen LogP contribution < -0.4 is 0 Å². The normalized spacial score (nSPS) is 12.1. The molecule has 0 heterocycles. The van der Waals surface area contributed by atoms with Crippen LogP contribution in [0.2, 0.25) is 0 Å². The van der Waals surface area contributed by atoms with Gasteiger partial charge in [0.2, 0.25) is 0 Å². The average Bonchev–Trinajstić information content (AvgIpc) is 2.15. The van der Waals surface area contributed by atoms with Gasteiger partial charge < -0.3 is 5.11 Å². The molecule has 0 unspecified atom stereocenters. The molecule has 2 heteroatoms. The first-order valence-electron chi connectivity index (χ1n) is 4.90. The molecule has 0 saturated heterocycles. The third kappa shape index (κ3) is 2.87. The van der Waals surface area contributed by atoms with Crippen LogP contribution in [0.1, 0.15) is 26.3 Å². The third-order valence-corrected chi connectivity index (χ3v) is 1.99. The lowest BCUT2D eigenvalue weighted by molar-refractivity contribution is 0.474. The molecule has 0 amide bonds. The summed E-state index contributed by atoms with van der Waals surface area (Å²) in [6.45, 7) is 6.99. The van der Waals surface area contributed by atoms with Crippen LogP contribution in [-0.4, -0.2) is 17.4 Å². The summed E-state index contributed by atoms with van der Waals surface area (Å²) in [6.07, 6.45) is 0. The summed E-state index contributed by atoms with van der Waals surface area (Å²) in [4.78, 5) is 4.41. The Labute approximate surface area is 85.3 Å². The van der Waals surface area contributed by atoms with Crippen LogP contribution in [0.3, 0.4) is 0 Å². The van der Waals surface area contributed by atoms with Crippen molar-refractivity contribution in [2.45, 2.75) is 20.8 Å². The molecule has 0 spiro atoms. The van der Waals surface area contributed by atoms with Gasteiger partial charge in [0, 0.05) is 17.8 Å². The number of rotatable bonds is 3. The van der Waals surface area contributed by atoms with Gasteiger partial charge in [0.05, 0.1) is 0 Å². The maximum Gasteiger partial charge on any atom is 0.124 e. The van der Waals surface area contributed by atoms with Gasteiger partial charge in [-0.15, -0.1) is 0 Å². The fraction of sp³-hybridized carbons (Fsp3) is 0.417. The molecular weight excluding hydrogens is 174 g/mol. The molecule has 1 N–H and O–H groups in total. The van der Waals surface area contributed by atoms with Crippen LogP contribution >= 0.6 is 0 Å². The van der Waals surface area contributed by atoms with Gasteiger partial charge in [0.1, 0.15) is 5.75 Å². The van der Waals surface area contributed by atoms with Gasteiger partial charge in [-0.1, -0.05) is 26.0 Å². The van der Waals surface area contributed by atoms with Crippen LogP contribution in [0.15, 0.2) is 29.3 Å². The Hall–Kier alpha value is -1.31. The first kappa shape index (κ1) is 10.8. The zero-order valence-corrected chi connectivity index (χ0v) is 8.99. The molecule has 0 aliphatic rings. The van der Waals surface area contributed by atoms with Crippen LogP contribution in [0.5, 0.6) is 5.75 Å². The van der Waals surface area contributed by atoms with Gasteiger partial charge in [-0.3, -0.25) is 4.99 Å². The lowest BCUT2D eigenvalue weighted by atomic mass is 10.1. The summed E-state index contributed by atoms with van der Waals surface area (Å²) in [5.41, 5.74) is 1.73. The van der Waals surface area contributed by atoms with Gasteiger partial charge in [-0.05, 0) is 25.0 Å². The van der Waals surface area contributed by atoms with Gasteiger partial charge in [0.25, 0.3) is 0 Å². The standard InChI is InChI=1S/C12H17NO/c1-9(2)8-13-10(3)11-6-4-5-7-12(11)14/h4-7,9,14H,8H2,1-3H3. The van der Waals surface area contributed by atoms with Crippen LogP contribution in [-0.2, 0) is 0 Å². The van der Waals surface area contributed by atoms with Crippen molar-refractivity contribution in [2.75, 3.05) is 6.54 Å². The number of benzene rings is 1. The van der Waals surface area contributed by atoms with Gasteiger partial charge >= 0.3 is 0 Å². The van der Waals surface area contributed by atoms with E-state index in [2.05, 4.69) is 18.8 Å². The highest BCUT2D eigenvalue weighted by Crippen LogP contribution is 2.16. The highest BCUT2D eigenvalue weighted by Gasteiger charge is 2.02. The minimum absolute atomic E-state index is 0.303. The van der Waals surface area contributed by atoms with E-state index in [9.17, 15) is 5.11 Å². The van der Waals surface area contributed by atoms with E-state index in [1.165, 1.54) is 0 Å². The summed E-state index contributed by atoms with van der Waals surface area (Å²) >= 11 is 0. The average molecular weight is 191 g/mol. The number of phenolic OH excluding ortho intramolecular Hbond substituents is 1. The zero-order valence-electron chi connectivity index (χ0n) is 8.99. The van der Waals surface area contributed by atoms with Crippen molar-refractivity contribution in [3.05, 3.63) is 29.8 Å². The second kappa shape index (κ2) is 4.80. The second-order valence-electron chi connectivity index (χ2n) is 3.84. The fourth-order valence-corrected chi connectivity index (χ4v) is 1.18. The van der Waals surface area contributed by atoms with Crippen molar-refractivity contribution in [3.63, 3.8) is 0 Å². The van der Waals surface area contributed by atoms with Gasteiger partial charge in [-0.2, -0.15) is 0 Å². The van der Waals surface area contributed by atoms with E-state index in [1.54, 1.807) is 6.07 Å². The Bertz CT molecular complexity index is 329. The molecule has 1 aromatic carbocycles. The lowest BCUT2D eigenvalue weighted by Gasteiger charge is -2.05. The molecule has 76 valence electrons. The summed E-state index contributed by atoms with van der Waals surface area (Å²) in [7, 11) is 0.